The molecule has 0 aromatic carbocycles. The van der Waals surface area contributed by atoms with E-state index in [1.165, 1.54) is 0 Å². The summed E-state index contributed by atoms with van der Waals surface area (Å²) in [7, 11) is 0. The van der Waals surface area contributed by atoms with Crippen LogP contribution in [0.4, 0.5) is 5.82 Å². The molecule has 6 heteroatoms. The first kappa shape index (κ1) is 13.6. The maximum atomic E-state index is 8.79. The molecule has 0 aliphatic rings. The number of aromatic nitrogens is 1. The molecule has 0 amide bonds. The Bertz CT molecular complexity index is 338. The van der Waals surface area contributed by atoms with Crippen LogP contribution in [-0.2, 0) is 5.75 Å². The molecule has 4 nitrogen and oxygen atoms in total. The van der Waals surface area contributed by atoms with Crippen molar-refractivity contribution in [2.45, 2.75) is 24.3 Å². The Balaban J connectivity index is 2.58. The van der Waals surface area contributed by atoms with Crippen LogP contribution in [0.3, 0.4) is 0 Å². The quantitative estimate of drug-likeness (QED) is 0.540. The van der Waals surface area contributed by atoms with Gasteiger partial charge in [-0.25, -0.2) is 10.8 Å². The molecular formula is C10H16ClN3OS. The summed E-state index contributed by atoms with van der Waals surface area (Å²) in [4.78, 5) is 4.27. The molecule has 1 rings (SSSR count). The lowest BCUT2D eigenvalue weighted by molar-refractivity contribution is 0.289. The van der Waals surface area contributed by atoms with Gasteiger partial charge in [0.15, 0.2) is 0 Å². The fraction of sp³-hybridized carbons (Fsp3) is 0.500. The van der Waals surface area contributed by atoms with E-state index in [9.17, 15) is 0 Å². The summed E-state index contributed by atoms with van der Waals surface area (Å²) >= 11 is 7.73. The van der Waals surface area contributed by atoms with Gasteiger partial charge in [-0.05, 0) is 18.6 Å². The molecule has 1 heterocycles. The summed E-state index contributed by atoms with van der Waals surface area (Å²) in [6.07, 6.45) is 0.775. The molecule has 0 aliphatic heterocycles. The van der Waals surface area contributed by atoms with Crippen LogP contribution in [0, 0.1) is 0 Å². The molecule has 0 saturated heterocycles. The molecule has 0 radical (unpaired) electrons. The number of nitrogen functional groups attached to an aromatic ring is 1. The summed E-state index contributed by atoms with van der Waals surface area (Å²) in [6, 6.07) is 3.50. The topological polar surface area (TPSA) is 71.2 Å². The van der Waals surface area contributed by atoms with E-state index in [0.29, 0.717) is 16.1 Å². The number of anilines is 1. The van der Waals surface area contributed by atoms with E-state index < -0.39 is 0 Å². The predicted octanol–water partition coefficient (Wildman–Crippen LogP) is 2.02. The first-order valence-corrected chi connectivity index (χ1v) is 6.44. The summed E-state index contributed by atoms with van der Waals surface area (Å²) < 4.78 is 0. The highest BCUT2D eigenvalue weighted by atomic mass is 35.5. The zero-order valence-corrected chi connectivity index (χ0v) is 10.7. The maximum Gasteiger partial charge on any atom is 0.140 e. The molecule has 4 N–H and O–H groups in total. The maximum absolute atomic E-state index is 8.79. The molecule has 1 atom stereocenters. The van der Waals surface area contributed by atoms with Gasteiger partial charge in [-0.3, -0.25) is 0 Å². The Labute approximate surface area is 105 Å². The van der Waals surface area contributed by atoms with Crippen LogP contribution in [0.1, 0.15) is 19.0 Å². The molecule has 0 saturated carbocycles. The van der Waals surface area contributed by atoms with Crippen LogP contribution >= 0.6 is 23.4 Å². The smallest absolute Gasteiger partial charge is 0.140 e. The summed E-state index contributed by atoms with van der Waals surface area (Å²) in [6.45, 7) is 2.28. The number of nitrogens with zero attached hydrogens (tertiary/aromatic N) is 1. The molecule has 90 valence electrons. The van der Waals surface area contributed by atoms with Crippen LogP contribution < -0.4 is 11.3 Å². The number of thioether (sulfide) groups is 1. The van der Waals surface area contributed by atoms with Crippen molar-refractivity contribution in [2.75, 3.05) is 12.0 Å². The lowest BCUT2D eigenvalue weighted by atomic mass is 10.3. The second-order valence-corrected chi connectivity index (χ2v) is 5.24. The van der Waals surface area contributed by atoms with Crippen LogP contribution in [0.2, 0.25) is 5.02 Å². The first-order valence-electron chi connectivity index (χ1n) is 5.02. The van der Waals surface area contributed by atoms with Crippen molar-refractivity contribution in [3.63, 3.8) is 0 Å². The number of nitrogens with one attached hydrogen (secondary N) is 1. The zero-order valence-electron chi connectivity index (χ0n) is 9.11. The van der Waals surface area contributed by atoms with Gasteiger partial charge in [0.1, 0.15) is 5.82 Å². The van der Waals surface area contributed by atoms with Crippen LogP contribution in [0.15, 0.2) is 12.1 Å². The number of hydrazine groups is 1. The third-order valence-corrected chi connectivity index (χ3v) is 3.70. The molecular weight excluding hydrogens is 246 g/mol. The Morgan fingerprint density at radius 2 is 2.38 bits per heavy atom. The second kappa shape index (κ2) is 6.96. The summed E-state index contributed by atoms with van der Waals surface area (Å²) in [5.74, 6) is 6.60. The fourth-order valence-electron chi connectivity index (χ4n) is 1.15. The lowest BCUT2D eigenvalue weighted by Crippen LogP contribution is -2.09. The largest absolute Gasteiger partial charge is 0.396 e. The van der Waals surface area contributed by atoms with Gasteiger partial charge in [-0.1, -0.05) is 18.5 Å². The SMILES string of the molecule is CC(CCO)SCc1nc(NN)ccc1Cl. The number of hydrogen-bond acceptors (Lipinski definition) is 5. The van der Waals surface area contributed by atoms with Gasteiger partial charge in [0, 0.05) is 17.6 Å². The minimum Gasteiger partial charge on any atom is -0.396 e. The van der Waals surface area contributed by atoms with Crippen molar-refractivity contribution in [1.29, 1.82) is 0 Å². The van der Waals surface area contributed by atoms with Crippen molar-refractivity contribution < 1.29 is 5.11 Å². The van der Waals surface area contributed by atoms with Gasteiger partial charge in [0.2, 0.25) is 0 Å². The predicted molar refractivity (Wildman–Crippen MR) is 69.5 cm³/mol. The highest BCUT2D eigenvalue weighted by molar-refractivity contribution is 7.99. The van der Waals surface area contributed by atoms with Crippen molar-refractivity contribution >= 4 is 29.2 Å². The van der Waals surface area contributed by atoms with Gasteiger partial charge in [0.05, 0.1) is 10.7 Å². The zero-order chi connectivity index (χ0) is 12.0. The van der Waals surface area contributed by atoms with Crippen molar-refractivity contribution in [3.05, 3.63) is 22.8 Å². The number of hydrogen-bond donors (Lipinski definition) is 3. The average molecular weight is 262 g/mol. The van der Waals surface area contributed by atoms with Crippen LogP contribution in [-0.4, -0.2) is 21.9 Å². The number of aliphatic hydroxyl groups excluding tert-OH is 1. The lowest BCUT2D eigenvalue weighted by Gasteiger charge is -2.10. The fourth-order valence-corrected chi connectivity index (χ4v) is 2.34. The number of nitrogens with two attached hydrogens (primary N) is 1. The molecule has 0 fully saturated rings. The minimum atomic E-state index is 0.208. The number of rotatable bonds is 6. The standard InChI is InChI=1S/C10H16ClN3OS/c1-7(4-5-15)16-6-9-8(11)2-3-10(13-9)14-12/h2-3,7,15H,4-6,12H2,1H3,(H,13,14). The average Bonchev–Trinajstić information content (AvgIpc) is 2.28. The van der Waals surface area contributed by atoms with Crippen molar-refractivity contribution in [2.24, 2.45) is 5.84 Å². The summed E-state index contributed by atoms with van der Waals surface area (Å²) in [5, 5.41) is 9.82. The van der Waals surface area contributed by atoms with Gasteiger partial charge in [-0.2, -0.15) is 11.8 Å². The van der Waals surface area contributed by atoms with E-state index in [0.717, 1.165) is 17.9 Å². The monoisotopic (exact) mass is 261 g/mol. The summed E-state index contributed by atoms with van der Waals surface area (Å²) in [5.41, 5.74) is 3.30. The number of aliphatic hydroxyl groups is 1. The molecule has 0 aliphatic carbocycles. The normalized spacial score (nSPS) is 12.5. The highest BCUT2D eigenvalue weighted by Crippen LogP contribution is 2.24. The number of halogens is 1. The van der Waals surface area contributed by atoms with E-state index in [2.05, 4.69) is 17.3 Å². The third kappa shape index (κ3) is 4.17. The van der Waals surface area contributed by atoms with Gasteiger partial charge in [0.25, 0.3) is 0 Å². The van der Waals surface area contributed by atoms with Crippen LogP contribution in [0.5, 0.6) is 0 Å². The van der Waals surface area contributed by atoms with Crippen LogP contribution in [0.25, 0.3) is 0 Å². The highest BCUT2D eigenvalue weighted by Gasteiger charge is 2.07. The Hall–Kier alpha value is -0.490. The van der Waals surface area contributed by atoms with Gasteiger partial charge >= 0.3 is 0 Å². The Morgan fingerprint density at radius 1 is 1.62 bits per heavy atom. The molecule has 0 spiro atoms. The van der Waals surface area contributed by atoms with E-state index >= 15 is 0 Å². The van der Waals surface area contributed by atoms with E-state index in [-0.39, 0.29) is 6.61 Å². The minimum absolute atomic E-state index is 0.208. The molecule has 0 bridgehead atoms. The van der Waals surface area contributed by atoms with Crippen molar-refractivity contribution in [3.8, 4) is 0 Å². The van der Waals surface area contributed by atoms with E-state index in [4.69, 9.17) is 22.6 Å². The Kier molecular flexibility index (Phi) is 5.90. The van der Waals surface area contributed by atoms with Gasteiger partial charge in [-0.15, -0.1) is 0 Å². The Morgan fingerprint density at radius 3 is 3.00 bits per heavy atom. The first-order chi connectivity index (χ1) is 7.67. The number of pyridine rings is 1. The van der Waals surface area contributed by atoms with E-state index in [1.54, 1.807) is 23.9 Å². The second-order valence-electron chi connectivity index (χ2n) is 3.40. The molecule has 1 aromatic rings. The molecule has 16 heavy (non-hydrogen) atoms. The van der Waals surface area contributed by atoms with E-state index in [1.807, 2.05) is 0 Å². The third-order valence-electron chi connectivity index (χ3n) is 2.11. The van der Waals surface area contributed by atoms with Crippen molar-refractivity contribution in [1.82, 2.24) is 4.98 Å². The van der Waals surface area contributed by atoms with Gasteiger partial charge < -0.3 is 10.5 Å². The molecule has 1 unspecified atom stereocenters. The molecule has 1 aromatic heterocycles.